The Bertz CT molecular complexity index is 1330. The fourth-order valence-electron chi connectivity index (χ4n) is 3.25. The summed E-state index contributed by atoms with van der Waals surface area (Å²) in [7, 11) is 1.42. The number of rotatable bonds is 8. The van der Waals surface area contributed by atoms with Gasteiger partial charge < -0.3 is 9.47 Å². The molecule has 3 aromatic rings. The fourth-order valence-corrected chi connectivity index (χ4v) is 3.46. The summed E-state index contributed by atoms with van der Waals surface area (Å²) in [5.74, 6) is -0.686. The summed E-state index contributed by atoms with van der Waals surface area (Å²) in [5.41, 5.74) is 4.04. The molecule has 11 nitrogen and oxygen atoms in total. The molecule has 0 fully saturated rings. The zero-order valence-corrected chi connectivity index (χ0v) is 20.1. The van der Waals surface area contributed by atoms with Crippen LogP contribution in [0.15, 0.2) is 47.6 Å². The van der Waals surface area contributed by atoms with Crippen molar-refractivity contribution < 1.29 is 24.0 Å². The van der Waals surface area contributed by atoms with Crippen LogP contribution in [-0.4, -0.2) is 39.4 Å². The van der Waals surface area contributed by atoms with Crippen LogP contribution >= 0.6 is 11.6 Å². The maximum Gasteiger partial charge on any atom is 0.345 e. The lowest BCUT2D eigenvalue weighted by Crippen LogP contribution is -2.25. The van der Waals surface area contributed by atoms with Crippen molar-refractivity contribution >= 4 is 34.9 Å². The summed E-state index contributed by atoms with van der Waals surface area (Å²) in [6.07, 6.45) is 0. The third-order valence-electron chi connectivity index (χ3n) is 5.05. The molecule has 0 aliphatic rings. The molecule has 182 valence electrons. The SMILES string of the molecule is COc1cc(/C(C)=N/NC(=O)Cn2nc(C)c([N+](=O)[O-])c2C)ccc1OC(=O)c1ccccc1Cl. The van der Waals surface area contributed by atoms with E-state index in [2.05, 4.69) is 15.6 Å². The van der Waals surface area contributed by atoms with E-state index in [4.69, 9.17) is 21.1 Å². The number of hydrazone groups is 1. The zero-order chi connectivity index (χ0) is 25.7. The first-order valence-corrected chi connectivity index (χ1v) is 10.7. The Morgan fingerprint density at radius 2 is 1.91 bits per heavy atom. The number of nitrogens with zero attached hydrogens (tertiary/aromatic N) is 4. The van der Waals surface area contributed by atoms with Crippen molar-refractivity contribution in [3.63, 3.8) is 0 Å². The highest BCUT2D eigenvalue weighted by atomic mass is 35.5. The predicted octanol–water partition coefficient (Wildman–Crippen LogP) is 3.83. The highest BCUT2D eigenvalue weighted by molar-refractivity contribution is 6.33. The van der Waals surface area contributed by atoms with Gasteiger partial charge >= 0.3 is 11.7 Å². The second kappa shape index (κ2) is 10.8. The second-order valence-corrected chi connectivity index (χ2v) is 7.81. The second-order valence-electron chi connectivity index (χ2n) is 7.40. The van der Waals surface area contributed by atoms with Crippen LogP contribution in [0.1, 0.15) is 34.2 Å². The third-order valence-corrected chi connectivity index (χ3v) is 5.37. The summed E-state index contributed by atoms with van der Waals surface area (Å²) in [5, 5.41) is 19.5. The van der Waals surface area contributed by atoms with Crippen molar-refractivity contribution in [3.8, 4) is 11.5 Å². The molecule has 0 aliphatic carbocycles. The monoisotopic (exact) mass is 499 g/mol. The van der Waals surface area contributed by atoms with Crippen LogP contribution in [0.25, 0.3) is 0 Å². The number of ether oxygens (including phenoxy) is 2. The van der Waals surface area contributed by atoms with Gasteiger partial charge in [0.2, 0.25) is 0 Å². The number of benzene rings is 2. The van der Waals surface area contributed by atoms with Gasteiger partial charge in [-0.15, -0.1) is 0 Å². The Hall–Kier alpha value is -4.25. The Labute approximate surface area is 205 Å². The molecular formula is C23H22ClN5O6. The lowest BCUT2D eigenvalue weighted by Gasteiger charge is -2.12. The first-order chi connectivity index (χ1) is 16.6. The van der Waals surface area contributed by atoms with Crippen molar-refractivity contribution in [2.24, 2.45) is 5.10 Å². The molecule has 1 heterocycles. The molecule has 0 bridgehead atoms. The van der Waals surface area contributed by atoms with Gasteiger partial charge in [-0.3, -0.25) is 19.6 Å². The van der Waals surface area contributed by atoms with E-state index in [1.165, 1.54) is 25.6 Å². The number of nitrogens with one attached hydrogen (secondary N) is 1. The maximum absolute atomic E-state index is 12.5. The number of carbonyl (C=O) groups excluding carboxylic acids is 2. The third kappa shape index (κ3) is 5.82. The van der Waals surface area contributed by atoms with E-state index in [0.717, 1.165) is 0 Å². The molecule has 1 N–H and O–H groups in total. The van der Waals surface area contributed by atoms with E-state index < -0.39 is 16.8 Å². The normalized spacial score (nSPS) is 11.2. The van der Waals surface area contributed by atoms with Gasteiger partial charge in [0.05, 0.1) is 28.3 Å². The van der Waals surface area contributed by atoms with E-state index in [-0.39, 0.29) is 45.7 Å². The molecule has 0 radical (unpaired) electrons. The minimum absolute atomic E-state index is 0.125. The lowest BCUT2D eigenvalue weighted by molar-refractivity contribution is -0.386. The Morgan fingerprint density at radius 1 is 1.20 bits per heavy atom. The van der Waals surface area contributed by atoms with E-state index >= 15 is 0 Å². The highest BCUT2D eigenvalue weighted by Crippen LogP contribution is 2.30. The van der Waals surface area contributed by atoms with Crippen molar-refractivity contribution in [2.45, 2.75) is 27.3 Å². The summed E-state index contributed by atoms with van der Waals surface area (Å²) in [6, 6.07) is 11.3. The molecular weight excluding hydrogens is 478 g/mol. The van der Waals surface area contributed by atoms with Gasteiger partial charge in [-0.05, 0) is 51.1 Å². The molecule has 0 saturated carbocycles. The molecule has 0 unspecified atom stereocenters. The van der Waals surface area contributed by atoms with Gasteiger partial charge in [-0.2, -0.15) is 10.2 Å². The number of halogens is 1. The van der Waals surface area contributed by atoms with Crippen molar-refractivity contribution in [3.05, 3.63) is 80.1 Å². The summed E-state index contributed by atoms with van der Waals surface area (Å²) >= 11 is 6.05. The number of hydrogen-bond acceptors (Lipinski definition) is 8. The zero-order valence-electron chi connectivity index (χ0n) is 19.4. The van der Waals surface area contributed by atoms with Gasteiger partial charge in [-0.1, -0.05) is 23.7 Å². The van der Waals surface area contributed by atoms with Gasteiger partial charge in [0.25, 0.3) is 5.91 Å². The molecule has 1 amide bonds. The summed E-state index contributed by atoms with van der Waals surface area (Å²) in [4.78, 5) is 35.4. The number of aryl methyl sites for hydroxylation is 1. The number of esters is 1. The van der Waals surface area contributed by atoms with Gasteiger partial charge in [0, 0.05) is 5.56 Å². The predicted molar refractivity (Wildman–Crippen MR) is 128 cm³/mol. The van der Waals surface area contributed by atoms with Crippen molar-refractivity contribution in [2.75, 3.05) is 7.11 Å². The first kappa shape index (κ1) is 25.4. The van der Waals surface area contributed by atoms with Crippen LogP contribution in [-0.2, 0) is 11.3 Å². The van der Waals surface area contributed by atoms with Crippen molar-refractivity contribution in [1.29, 1.82) is 0 Å². The minimum atomic E-state index is -0.635. The van der Waals surface area contributed by atoms with Crippen LogP contribution in [0.2, 0.25) is 5.02 Å². The number of hydrogen-bond donors (Lipinski definition) is 1. The maximum atomic E-state index is 12.5. The van der Waals surface area contributed by atoms with Crippen LogP contribution < -0.4 is 14.9 Å². The van der Waals surface area contributed by atoms with E-state index in [0.29, 0.717) is 11.3 Å². The number of methoxy groups -OCH3 is 1. The minimum Gasteiger partial charge on any atom is -0.493 e. The number of nitro groups is 1. The number of amides is 1. The average Bonchev–Trinajstić information content (AvgIpc) is 3.10. The molecule has 0 aliphatic heterocycles. The van der Waals surface area contributed by atoms with E-state index in [1.54, 1.807) is 49.4 Å². The Morgan fingerprint density at radius 3 is 2.54 bits per heavy atom. The first-order valence-electron chi connectivity index (χ1n) is 10.3. The standard InChI is InChI=1S/C23H22ClN5O6/c1-13(25-26-21(30)12-28-15(3)22(29(32)33)14(2)27-28)16-9-10-19(20(11-16)34-4)35-23(31)17-7-5-6-8-18(17)24/h5-11H,12H2,1-4H3,(H,26,30)/b25-13+. The molecule has 1 aromatic heterocycles. The van der Waals surface area contributed by atoms with E-state index in [1.807, 2.05) is 0 Å². The number of aromatic nitrogens is 2. The number of carbonyl (C=O) groups is 2. The van der Waals surface area contributed by atoms with Gasteiger partial charge in [0.1, 0.15) is 17.9 Å². The molecule has 0 saturated heterocycles. The van der Waals surface area contributed by atoms with Crippen LogP contribution in [0.3, 0.4) is 0 Å². The Balaban J connectivity index is 1.71. The van der Waals surface area contributed by atoms with Crippen LogP contribution in [0.5, 0.6) is 11.5 Å². The fraction of sp³-hybridized carbons (Fsp3) is 0.217. The smallest absolute Gasteiger partial charge is 0.345 e. The topological polar surface area (TPSA) is 138 Å². The van der Waals surface area contributed by atoms with Gasteiger partial charge in [-0.25, -0.2) is 10.2 Å². The molecule has 12 heteroatoms. The molecule has 3 rings (SSSR count). The average molecular weight is 500 g/mol. The molecule has 0 atom stereocenters. The quantitative estimate of drug-likeness (QED) is 0.163. The molecule has 35 heavy (non-hydrogen) atoms. The van der Waals surface area contributed by atoms with Gasteiger partial charge in [0.15, 0.2) is 11.5 Å². The largest absolute Gasteiger partial charge is 0.493 e. The molecule has 0 spiro atoms. The Kier molecular flexibility index (Phi) is 7.82. The summed E-state index contributed by atoms with van der Waals surface area (Å²) < 4.78 is 12.0. The highest BCUT2D eigenvalue weighted by Gasteiger charge is 2.22. The molecule has 2 aromatic carbocycles. The van der Waals surface area contributed by atoms with Crippen LogP contribution in [0, 0.1) is 24.0 Å². The van der Waals surface area contributed by atoms with Crippen LogP contribution in [0.4, 0.5) is 5.69 Å². The summed E-state index contributed by atoms with van der Waals surface area (Å²) in [6.45, 7) is 4.45. The van der Waals surface area contributed by atoms with Crippen molar-refractivity contribution in [1.82, 2.24) is 15.2 Å². The lowest BCUT2D eigenvalue weighted by atomic mass is 10.1. The van der Waals surface area contributed by atoms with E-state index in [9.17, 15) is 19.7 Å².